The van der Waals surface area contributed by atoms with Crippen molar-refractivity contribution < 1.29 is 22.7 Å². The molecule has 0 saturated heterocycles. The Morgan fingerprint density at radius 3 is 2.21 bits per heavy atom. The number of rotatable bonds is 12. The molecule has 1 N–H and O–H groups in total. The molecule has 0 spiro atoms. The van der Waals surface area contributed by atoms with Crippen LogP contribution in [0.4, 0.5) is 5.69 Å². The lowest BCUT2D eigenvalue weighted by Crippen LogP contribution is -2.54. The molecule has 230 valence electrons. The van der Waals surface area contributed by atoms with Crippen LogP contribution in [0.3, 0.4) is 0 Å². The normalized spacial score (nSPS) is 14.5. The number of carbonyl (C=O) groups excluding carboxylic acids is 2. The van der Waals surface area contributed by atoms with E-state index in [-0.39, 0.29) is 29.1 Å². The third-order valence-corrected chi connectivity index (χ3v) is 9.80. The van der Waals surface area contributed by atoms with Crippen LogP contribution in [0.15, 0.2) is 77.7 Å². The fourth-order valence-electron chi connectivity index (χ4n) is 5.59. The molecule has 0 unspecified atom stereocenters. The molecular weight excluding hydrogens is 562 g/mol. The number of anilines is 1. The molecule has 8 nitrogen and oxygen atoms in total. The van der Waals surface area contributed by atoms with E-state index in [0.29, 0.717) is 12.2 Å². The maximum atomic E-state index is 14.3. The van der Waals surface area contributed by atoms with Crippen LogP contribution >= 0.6 is 0 Å². The van der Waals surface area contributed by atoms with Crippen molar-refractivity contribution in [1.29, 1.82) is 0 Å². The van der Waals surface area contributed by atoms with Crippen LogP contribution < -0.4 is 14.4 Å². The molecule has 2 amide bonds. The van der Waals surface area contributed by atoms with E-state index in [1.54, 1.807) is 36.4 Å². The third-order valence-electron chi connectivity index (χ3n) is 8.02. The number of nitrogens with zero attached hydrogens (tertiary/aromatic N) is 2. The minimum atomic E-state index is -4.19. The summed E-state index contributed by atoms with van der Waals surface area (Å²) in [6.45, 7) is 5.27. The van der Waals surface area contributed by atoms with Gasteiger partial charge in [0.05, 0.1) is 17.7 Å². The Hall–Kier alpha value is -3.85. The van der Waals surface area contributed by atoms with Gasteiger partial charge in [-0.25, -0.2) is 8.42 Å². The van der Waals surface area contributed by atoms with Crippen molar-refractivity contribution in [3.8, 4) is 5.75 Å². The van der Waals surface area contributed by atoms with E-state index in [1.807, 2.05) is 57.2 Å². The summed E-state index contributed by atoms with van der Waals surface area (Å²) >= 11 is 0. The zero-order valence-corrected chi connectivity index (χ0v) is 26.4. The maximum Gasteiger partial charge on any atom is 0.264 e. The first-order chi connectivity index (χ1) is 20.6. The van der Waals surface area contributed by atoms with E-state index in [0.717, 1.165) is 53.1 Å². The van der Waals surface area contributed by atoms with Gasteiger partial charge < -0.3 is 15.0 Å². The molecule has 4 rings (SSSR count). The second-order valence-corrected chi connectivity index (χ2v) is 13.1. The zero-order chi connectivity index (χ0) is 31.0. The molecule has 1 atom stereocenters. The molecule has 0 aromatic heterocycles. The van der Waals surface area contributed by atoms with Gasteiger partial charge >= 0.3 is 0 Å². The standard InChI is InChI=1S/C34H43N3O5S/c1-5-30(34(39)35-28-14-10-7-11-15-28)36(23-27-12-8-6-9-13-27)33(38)24-37(31-22-26(3)18-21-32(31)42-4)43(40,41)29-19-16-25(2)17-20-29/h6,8-9,12-13,16-22,28,30H,5,7,10-11,14-15,23-24H2,1-4H3,(H,35,39)/t30-/m0/s1. The Morgan fingerprint density at radius 2 is 1.58 bits per heavy atom. The number of carbonyl (C=O) groups is 2. The van der Waals surface area contributed by atoms with Gasteiger partial charge in [0.2, 0.25) is 11.8 Å². The summed E-state index contributed by atoms with van der Waals surface area (Å²) in [5, 5.41) is 3.18. The summed E-state index contributed by atoms with van der Waals surface area (Å²) in [7, 11) is -2.72. The monoisotopic (exact) mass is 605 g/mol. The van der Waals surface area contributed by atoms with Crippen molar-refractivity contribution in [3.63, 3.8) is 0 Å². The maximum absolute atomic E-state index is 14.3. The number of sulfonamides is 1. The van der Waals surface area contributed by atoms with Crippen LogP contribution in [0.1, 0.15) is 62.1 Å². The van der Waals surface area contributed by atoms with Gasteiger partial charge in [0.15, 0.2) is 0 Å². The van der Waals surface area contributed by atoms with Crippen molar-refractivity contribution in [2.24, 2.45) is 0 Å². The zero-order valence-electron chi connectivity index (χ0n) is 25.6. The predicted molar refractivity (Wildman–Crippen MR) is 170 cm³/mol. The first-order valence-corrected chi connectivity index (χ1v) is 16.5. The van der Waals surface area contributed by atoms with Gasteiger partial charge in [0.1, 0.15) is 18.3 Å². The molecule has 0 aliphatic heterocycles. The quantitative estimate of drug-likeness (QED) is 0.283. The molecule has 3 aromatic rings. The lowest BCUT2D eigenvalue weighted by atomic mass is 9.95. The van der Waals surface area contributed by atoms with E-state index in [2.05, 4.69) is 5.32 Å². The largest absolute Gasteiger partial charge is 0.495 e. The molecule has 0 bridgehead atoms. The molecule has 0 radical (unpaired) electrons. The molecule has 1 fully saturated rings. The van der Waals surface area contributed by atoms with Crippen LogP contribution in [0, 0.1) is 13.8 Å². The highest BCUT2D eigenvalue weighted by atomic mass is 32.2. The van der Waals surface area contributed by atoms with Crippen molar-refractivity contribution in [2.75, 3.05) is 18.0 Å². The number of methoxy groups -OCH3 is 1. The Balaban J connectivity index is 1.74. The average molecular weight is 606 g/mol. The Morgan fingerprint density at radius 1 is 0.930 bits per heavy atom. The van der Waals surface area contributed by atoms with Crippen molar-refractivity contribution in [1.82, 2.24) is 10.2 Å². The van der Waals surface area contributed by atoms with E-state index >= 15 is 0 Å². The number of amides is 2. The molecular formula is C34H43N3O5S. The van der Waals surface area contributed by atoms with Crippen LogP contribution in [0.25, 0.3) is 0 Å². The second-order valence-electron chi connectivity index (χ2n) is 11.3. The average Bonchev–Trinajstić information content (AvgIpc) is 3.00. The van der Waals surface area contributed by atoms with Crippen LogP contribution in [0.5, 0.6) is 5.75 Å². The predicted octanol–water partition coefficient (Wildman–Crippen LogP) is 5.76. The highest BCUT2D eigenvalue weighted by molar-refractivity contribution is 7.92. The second kappa shape index (κ2) is 14.6. The van der Waals surface area contributed by atoms with E-state index in [1.165, 1.54) is 12.0 Å². The van der Waals surface area contributed by atoms with Gasteiger partial charge in [0.25, 0.3) is 10.0 Å². The fraction of sp³-hybridized carbons (Fsp3) is 0.412. The highest BCUT2D eigenvalue weighted by Crippen LogP contribution is 2.34. The van der Waals surface area contributed by atoms with Crippen molar-refractivity contribution in [3.05, 3.63) is 89.5 Å². The molecule has 1 saturated carbocycles. The summed E-state index contributed by atoms with van der Waals surface area (Å²) in [6.07, 6.45) is 5.53. The lowest BCUT2D eigenvalue weighted by molar-refractivity contribution is -0.140. The number of ether oxygens (including phenoxy) is 1. The summed E-state index contributed by atoms with van der Waals surface area (Å²) in [5.74, 6) is -0.362. The van der Waals surface area contributed by atoms with Gasteiger partial charge in [0, 0.05) is 12.6 Å². The minimum Gasteiger partial charge on any atom is -0.495 e. The van der Waals surface area contributed by atoms with Gasteiger partial charge in [-0.3, -0.25) is 13.9 Å². The number of benzene rings is 3. The lowest BCUT2D eigenvalue weighted by Gasteiger charge is -2.34. The topological polar surface area (TPSA) is 96.0 Å². The van der Waals surface area contributed by atoms with E-state index in [9.17, 15) is 18.0 Å². The summed E-state index contributed by atoms with van der Waals surface area (Å²) < 4.78 is 35.1. The number of hydrogen-bond acceptors (Lipinski definition) is 5. The fourth-order valence-corrected chi connectivity index (χ4v) is 7.01. The van der Waals surface area contributed by atoms with Gasteiger partial charge in [-0.05, 0) is 68.5 Å². The van der Waals surface area contributed by atoms with Gasteiger partial charge in [-0.1, -0.05) is 80.3 Å². The molecule has 1 aliphatic rings. The van der Waals surface area contributed by atoms with Gasteiger partial charge in [-0.2, -0.15) is 0 Å². The molecule has 3 aromatic carbocycles. The van der Waals surface area contributed by atoms with E-state index < -0.39 is 28.5 Å². The van der Waals surface area contributed by atoms with Crippen LogP contribution in [0.2, 0.25) is 0 Å². The summed E-state index contributed by atoms with van der Waals surface area (Å²) in [4.78, 5) is 29.6. The molecule has 9 heteroatoms. The number of aryl methyl sites for hydroxylation is 2. The Bertz CT molecular complexity index is 1490. The first-order valence-electron chi connectivity index (χ1n) is 15.0. The summed E-state index contributed by atoms with van der Waals surface area (Å²) in [5.41, 5.74) is 2.84. The Labute approximate surface area is 256 Å². The smallest absolute Gasteiger partial charge is 0.264 e. The van der Waals surface area contributed by atoms with Gasteiger partial charge in [-0.15, -0.1) is 0 Å². The van der Waals surface area contributed by atoms with Crippen LogP contribution in [-0.2, 0) is 26.2 Å². The molecule has 0 heterocycles. The van der Waals surface area contributed by atoms with Crippen molar-refractivity contribution >= 4 is 27.5 Å². The SMILES string of the molecule is CC[C@@H](C(=O)NC1CCCCC1)N(Cc1ccccc1)C(=O)CN(c1cc(C)ccc1OC)S(=O)(=O)c1ccc(C)cc1. The molecule has 43 heavy (non-hydrogen) atoms. The summed E-state index contributed by atoms with van der Waals surface area (Å²) in [6, 6.07) is 20.5. The third kappa shape index (κ3) is 7.96. The highest BCUT2D eigenvalue weighted by Gasteiger charge is 2.35. The number of nitrogens with one attached hydrogen (secondary N) is 1. The van der Waals surface area contributed by atoms with Crippen molar-refractivity contribution in [2.45, 2.75) is 82.8 Å². The minimum absolute atomic E-state index is 0.0613. The Kier molecular flexibility index (Phi) is 10.9. The van der Waals surface area contributed by atoms with Crippen LogP contribution in [-0.4, -0.2) is 50.9 Å². The first kappa shape index (κ1) is 32.1. The van der Waals surface area contributed by atoms with E-state index in [4.69, 9.17) is 4.74 Å². The number of hydrogen-bond donors (Lipinski definition) is 1. The molecule has 1 aliphatic carbocycles.